The van der Waals surface area contributed by atoms with E-state index in [1.165, 1.54) is 0 Å². The molecule has 0 fully saturated rings. The molecule has 1 aromatic carbocycles. The maximum absolute atomic E-state index is 11.7. The molecule has 0 bridgehead atoms. The highest BCUT2D eigenvalue weighted by atomic mass is 16.2. The lowest BCUT2D eigenvalue weighted by Gasteiger charge is -2.32. The molecule has 0 spiro atoms. The first-order valence-corrected chi connectivity index (χ1v) is 5.84. The number of rotatable bonds is 3. The number of hydrogen-bond acceptors (Lipinski definition) is 1. The Hall–Kier alpha value is -1.57. The number of hydrogen-bond donors (Lipinski definition) is 0. The molecule has 2 heteroatoms. The van der Waals surface area contributed by atoms with Crippen molar-refractivity contribution >= 4 is 5.91 Å². The number of allylic oxidation sites excluding steroid dienone is 1. The van der Waals surface area contributed by atoms with Crippen molar-refractivity contribution in [2.24, 2.45) is 5.41 Å². The summed E-state index contributed by atoms with van der Waals surface area (Å²) in [4.78, 5) is 13.4. The first-order valence-electron chi connectivity index (χ1n) is 5.84. The maximum Gasteiger partial charge on any atom is 0.223 e. The molecule has 0 aliphatic carbocycles. The number of amides is 1. The normalized spacial score (nSPS) is 11.1. The third kappa shape index (κ3) is 3.74. The minimum Gasteiger partial charge on any atom is -0.312 e. The summed E-state index contributed by atoms with van der Waals surface area (Å²) in [5, 5.41) is 0. The van der Waals surface area contributed by atoms with Crippen molar-refractivity contribution < 1.29 is 4.79 Å². The van der Waals surface area contributed by atoms with Crippen molar-refractivity contribution in [3.63, 3.8) is 0 Å². The second kappa shape index (κ2) is 5.17. The molecular formula is C15H21NO. The summed E-state index contributed by atoms with van der Waals surface area (Å²) in [6, 6.07) is 9.97. The van der Waals surface area contributed by atoms with E-state index in [4.69, 9.17) is 0 Å². The first-order chi connectivity index (χ1) is 7.82. The van der Waals surface area contributed by atoms with Gasteiger partial charge in [-0.25, -0.2) is 0 Å². The third-order valence-corrected chi connectivity index (χ3v) is 2.76. The van der Waals surface area contributed by atoms with Crippen LogP contribution in [0, 0.1) is 5.41 Å². The molecule has 0 radical (unpaired) electrons. The van der Waals surface area contributed by atoms with Crippen LogP contribution in [-0.2, 0) is 11.3 Å². The Bertz CT molecular complexity index is 401. The fraction of sp³-hybridized carbons (Fsp3) is 0.400. The van der Waals surface area contributed by atoms with E-state index in [2.05, 4.69) is 27.4 Å². The molecule has 1 rings (SSSR count). The number of carbonyl (C=O) groups excluding carboxylic acids is 1. The topological polar surface area (TPSA) is 20.3 Å². The third-order valence-electron chi connectivity index (χ3n) is 2.76. The van der Waals surface area contributed by atoms with Crippen LogP contribution < -0.4 is 0 Å². The zero-order valence-electron chi connectivity index (χ0n) is 11.2. The van der Waals surface area contributed by atoms with Crippen molar-refractivity contribution in [3.05, 3.63) is 48.2 Å². The van der Waals surface area contributed by atoms with Gasteiger partial charge in [-0.3, -0.25) is 4.79 Å². The van der Waals surface area contributed by atoms with Crippen molar-refractivity contribution in [1.82, 2.24) is 4.90 Å². The minimum atomic E-state index is -0.0968. The van der Waals surface area contributed by atoms with Gasteiger partial charge in [0.1, 0.15) is 0 Å². The monoisotopic (exact) mass is 231 g/mol. The van der Waals surface area contributed by atoms with E-state index >= 15 is 0 Å². The molecule has 0 heterocycles. The van der Waals surface area contributed by atoms with Crippen molar-refractivity contribution in [3.8, 4) is 0 Å². The van der Waals surface area contributed by atoms with Gasteiger partial charge in [0.25, 0.3) is 0 Å². The highest BCUT2D eigenvalue weighted by Crippen LogP contribution is 2.28. The molecule has 0 aromatic heterocycles. The van der Waals surface area contributed by atoms with Gasteiger partial charge < -0.3 is 4.90 Å². The van der Waals surface area contributed by atoms with Crippen LogP contribution in [0.5, 0.6) is 0 Å². The molecule has 17 heavy (non-hydrogen) atoms. The van der Waals surface area contributed by atoms with Gasteiger partial charge >= 0.3 is 0 Å². The Morgan fingerprint density at radius 1 is 1.24 bits per heavy atom. The first kappa shape index (κ1) is 13.5. The lowest BCUT2D eigenvalue weighted by Crippen LogP contribution is -2.33. The van der Waals surface area contributed by atoms with E-state index in [1.807, 2.05) is 30.3 Å². The van der Waals surface area contributed by atoms with Crippen molar-refractivity contribution in [2.45, 2.75) is 34.2 Å². The molecule has 92 valence electrons. The van der Waals surface area contributed by atoms with Gasteiger partial charge in [0.2, 0.25) is 5.91 Å². The fourth-order valence-corrected chi connectivity index (χ4v) is 1.57. The summed E-state index contributed by atoms with van der Waals surface area (Å²) in [6.07, 6.45) is 0. The molecule has 0 saturated carbocycles. The van der Waals surface area contributed by atoms with E-state index in [0.717, 1.165) is 11.3 Å². The van der Waals surface area contributed by atoms with Crippen LogP contribution in [0.4, 0.5) is 0 Å². The summed E-state index contributed by atoms with van der Waals surface area (Å²) in [5.41, 5.74) is 1.88. The van der Waals surface area contributed by atoms with E-state index < -0.39 is 0 Å². The molecule has 0 aliphatic rings. The van der Waals surface area contributed by atoms with Crippen LogP contribution >= 0.6 is 0 Å². The zero-order chi connectivity index (χ0) is 13.1. The van der Waals surface area contributed by atoms with Gasteiger partial charge in [-0.15, -0.1) is 0 Å². The quantitative estimate of drug-likeness (QED) is 0.778. The van der Waals surface area contributed by atoms with Crippen LogP contribution in [0.3, 0.4) is 0 Å². The van der Waals surface area contributed by atoms with Gasteiger partial charge in [0.05, 0.1) is 6.54 Å². The Morgan fingerprint density at radius 2 is 1.76 bits per heavy atom. The largest absolute Gasteiger partial charge is 0.312 e. The van der Waals surface area contributed by atoms with Crippen molar-refractivity contribution in [2.75, 3.05) is 0 Å². The minimum absolute atomic E-state index is 0.0359. The molecule has 0 aliphatic heterocycles. The molecule has 0 N–H and O–H groups in total. The van der Waals surface area contributed by atoms with E-state index in [-0.39, 0.29) is 11.3 Å². The summed E-state index contributed by atoms with van der Waals surface area (Å²) in [7, 11) is 0. The van der Waals surface area contributed by atoms with E-state index in [1.54, 1.807) is 11.8 Å². The summed E-state index contributed by atoms with van der Waals surface area (Å²) >= 11 is 0. The number of benzene rings is 1. The maximum atomic E-state index is 11.7. The lowest BCUT2D eigenvalue weighted by atomic mass is 9.91. The standard InChI is InChI=1S/C15H21NO/c1-12(15(3,4)5)16(13(2)17)11-14-9-7-6-8-10-14/h6-10H,1,11H2,2-5H3. The SMILES string of the molecule is C=C(N(Cc1ccccc1)C(C)=O)C(C)(C)C. The van der Waals surface area contributed by atoms with Crippen molar-refractivity contribution in [1.29, 1.82) is 0 Å². The van der Waals surface area contributed by atoms with Crippen LogP contribution in [0.15, 0.2) is 42.6 Å². The Kier molecular flexibility index (Phi) is 4.11. The fourth-order valence-electron chi connectivity index (χ4n) is 1.57. The second-order valence-electron chi connectivity index (χ2n) is 5.29. The van der Waals surface area contributed by atoms with Gasteiger partial charge in [-0.05, 0) is 5.56 Å². The van der Waals surface area contributed by atoms with E-state index in [9.17, 15) is 4.79 Å². The summed E-state index contributed by atoms with van der Waals surface area (Å²) in [6.45, 7) is 12.4. The molecule has 2 nitrogen and oxygen atoms in total. The molecule has 1 amide bonds. The Labute approximate surface area is 104 Å². The molecule has 1 aromatic rings. The van der Waals surface area contributed by atoms with Gasteiger partial charge in [0.15, 0.2) is 0 Å². The smallest absolute Gasteiger partial charge is 0.223 e. The molecule has 0 atom stereocenters. The highest BCUT2D eigenvalue weighted by Gasteiger charge is 2.23. The average Bonchev–Trinajstić information content (AvgIpc) is 2.24. The molecule has 0 unspecified atom stereocenters. The van der Waals surface area contributed by atoms with Crippen LogP contribution in [0.1, 0.15) is 33.3 Å². The average molecular weight is 231 g/mol. The lowest BCUT2D eigenvalue weighted by molar-refractivity contribution is -0.128. The van der Waals surface area contributed by atoms with Gasteiger partial charge in [-0.2, -0.15) is 0 Å². The Balaban J connectivity index is 2.89. The predicted octanol–water partition coefficient (Wildman–Crippen LogP) is 3.59. The van der Waals surface area contributed by atoms with Crippen LogP contribution in [0.2, 0.25) is 0 Å². The van der Waals surface area contributed by atoms with E-state index in [0.29, 0.717) is 6.54 Å². The second-order valence-corrected chi connectivity index (χ2v) is 5.29. The summed E-state index contributed by atoms with van der Waals surface area (Å²) < 4.78 is 0. The zero-order valence-corrected chi connectivity index (χ0v) is 11.2. The Morgan fingerprint density at radius 3 is 2.18 bits per heavy atom. The highest BCUT2D eigenvalue weighted by molar-refractivity contribution is 5.75. The predicted molar refractivity (Wildman–Crippen MR) is 71.3 cm³/mol. The summed E-state index contributed by atoms with van der Waals surface area (Å²) in [5.74, 6) is 0.0359. The van der Waals surface area contributed by atoms with Crippen LogP contribution in [-0.4, -0.2) is 10.8 Å². The van der Waals surface area contributed by atoms with Crippen LogP contribution in [0.25, 0.3) is 0 Å². The number of carbonyl (C=O) groups is 1. The number of nitrogens with zero attached hydrogens (tertiary/aromatic N) is 1. The molecule has 0 saturated heterocycles. The van der Waals surface area contributed by atoms with Gasteiger partial charge in [0, 0.05) is 18.0 Å². The molecular weight excluding hydrogens is 210 g/mol. The van der Waals surface area contributed by atoms with Gasteiger partial charge in [-0.1, -0.05) is 57.7 Å².